The maximum absolute atomic E-state index is 13.1. The highest BCUT2D eigenvalue weighted by atomic mass is 19.1. The van der Waals surface area contributed by atoms with E-state index in [1.807, 2.05) is 37.3 Å². The number of esters is 1. The van der Waals surface area contributed by atoms with Gasteiger partial charge in [0.05, 0.1) is 18.1 Å². The van der Waals surface area contributed by atoms with Gasteiger partial charge in [-0.15, -0.1) is 0 Å². The van der Waals surface area contributed by atoms with Gasteiger partial charge in [-0.25, -0.2) is 4.39 Å². The minimum atomic E-state index is -0.526. The van der Waals surface area contributed by atoms with Crippen LogP contribution in [0.4, 0.5) is 4.39 Å². The van der Waals surface area contributed by atoms with Crippen molar-refractivity contribution in [2.45, 2.75) is 45.1 Å². The summed E-state index contributed by atoms with van der Waals surface area (Å²) in [4.78, 5) is 17.2. The second-order valence-electron chi connectivity index (χ2n) is 9.61. The van der Waals surface area contributed by atoms with Crippen LogP contribution < -0.4 is 4.74 Å². The summed E-state index contributed by atoms with van der Waals surface area (Å²) in [5, 5.41) is 10.2. The fourth-order valence-corrected chi connectivity index (χ4v) is 4.95. The Morgan fingerprint density at radius 3 is 2.50 bits per heavy atom. The molecule has 2 aromatic rings. The Kier molecular flexibility index (Phi) is 10.3. The third-order valence-corrected chi connectivity index (χ3v) is 7.11. The van der Waals surface area contributed by atoms with Crippen molar-refractivity contribution in [3.63, 3.8) is 0 Å². The van der Waals surface area contributed by atoms with Gasteiger partial charge in [-0.05, 0) is 62.1 Å². The summed E-state index contributed by atoms with van der Waals surface area (Å²) < 4.78 is 24.2. The molecular formula is C29H38FN3O3. The Balaban J connectivity index is 1.57. The molecule has 2 unspecified atom stereocenters. The molecule has 7 heteroatoms. The highest BCUT2D eigenvalue weighted by Crippen LogP contribution is 2.36. The molecule has 1 heterocycles. The number of halogens is 1. The number of hydrogen-bond acceptors (Lipinski definition) is 6. The van der Waals surface area contributed by atoms with Crippen LogP contribution in [0.5, 0.6) is 5.75 Å². The molecule has 0 N–H and O–H groups in total. The first-order valence-electron chi connectivity index (χ1n) is 12.9. The van der Waals surface area contributed by atoms with Gasteiger partial charge < -0.3 is 9.47 Å². The van der Waals surface area contributed by atoms with Crippen LogP contribution >= 0.6 is 0 Å². The van der Waals surface area contributed by atoms with E-state index in [9.17, 15) is 14.4 Å². The Morgan fingerprint density at radius 2 is 1.86 bits per heavy atom. The highest BCUT2D eigenvalue weighted by Gasteiger charge is 2.37. The molecule has 1 saturated heterocycles. The van der Waals surface area contributed by atoms with Crippen molar-refractivity contribution >= 4 is 5.97 Å². The van der Waals surface area contributed by atoms with Gasteiger partial charge in [0.25, 0.3) is 0 Å². The molecule has 1 aliphatic heterocycles. The van der Waals surface area contributed by atoms with E-state index < -0.39 is 5.41 Å². The van der Waals surface area contributed by atoms with Crippen LogP contribution in [-0.4, -0.2) is 67.7 Å². The molecule has 36 heavy (non-hydrogen) atoms. The SMILES string of the molecule is CCOC(=O)C1CN(CCCC(C#N)(c2ccccc2)C(C)C)CCN1CCOc1ccc(F)cc1. The third-order valence-electron chi connectivity index (χ3n) is 7.11. The fourth-order valence-electron chi connectivity index (χ4n) is 4.95. The van der Waals surface area contributed by atoms with Crippen molar-refractivity contribution in [2.75, 3.05) is 45.9 Å². The average molecular weight is 496 g/mol. The number of hydrogen-bond donors (Lipinski definition) is 0. The Bertz CT molecular complexity index is 993. The summed E-state index contributed by atoms with van der Waals surface area (Å²) in [7, 11) is 0. The number of nitriles is 1. The molecule has 0 saturated carbocycles. The van der Waals surface area contributed by atoms with Crippen LogP contribution in [0.2, 0.25) is 0 Å². The molecule has 6 nitrogen and oxygen atoms in total. The lowest BCUT2D eigenvalue weighted by atomic mass is 9.70. The van der Waals surface area contributed by atoms with Crippen molar-refractivity contribution in [3.8, 4) is 11.8 Å². The van der Waals surface area contributed by atoms with Crippen molar-refractivity contribution in [2.24, 2.45) is 5.92 Å². The highest BCUT2D eigenvalue weighted by molar-refractivity contribution is 5.76. The van der Waals surface area contributed by atoms with E-state index >= 15 is 0 Å². The average Bonchev–Trinajstić information content (AvgIpc) is 2.89. The van der Waals surface area contributed by atoms with Crippen LogP contribution in [-0.2, 0) is 14.9 Å². The molecule has 1 aliphatic rings. The summed E-state index contributed by atoms with van der Waals surface area (Å²) in [6.45, 7) is 10.3. The Morgan fingerprint density at radius 1 is 1.14 bits per heavy atom. The lowest BCUT2D eigenvalue weighted by molar-refractivity contribution is -0.152. The van der Waals surface area contributed by atoms with Crippen LogP contribution in [0.1, 0.15) is 39.2 Å². The standard InChI is InChI=1S/C29H38FN3O3/c1-4-35-28(34)27-21-32(17-18-33(27)19-20-36-26-13-11-25(30)12-14-26)16-8-15-29(22-31,23(2)3)24-9-6-5-7-10-24/h5-7,9-14,23,27H,4,8,15-21H2,1-3H3. The first-order valence-corrected chi connectivity index (χ1v) is 12.9. The number of carbonyl (C=O) groups excluding carboxylic acids is 1. The van der Waals surface area contributed by atoms with Gasteiger partial charge in [-0.2, -0.15) is 5.26 Å². The monoisotopic (exact) mass is 495 g/mol. The van der Waals surface area contributed by atoms with E-state index in [-0.39, 0.29) is 23.7 Å². The number of carbonyl (C=O) groups is 1. The molecule has 1 fully saturated rings. The molecule has 0 radical (unpaired) electrons. The van der Waals surface area contributed by atoms with Crippen molar-refractivity contribution < 1.29 is 18.7 Å². The number of piperazine rings is 1. The zero-order valence-corrected chi connectivity index (χ0v) is 21.7. The third kappa shape index (κ3) is 7.05. The van der Waals surface area contributed by atoms with E-state index in [0.717, 1.165) is 38.0 Å². The topological polar surface area (TPSA) is 65.8 Å². The molecule has 194 valence electrons. The van der Waals surface area contributed by atoms with Crippen molar-refractivity contribution in [1.82, 2.24) is 9.80 Å². The number of nitrogens with zero attached hydrogens (tertiary/aromatic N) is 3. The van der Waals surface area contributed by atoms with Crippen molar-refractivity contribution in [3.05, 3.63) is 66.0 Å². The van der Waals surface area contributed by atoms with E-state index in [0.29, 0.717) is 32.1 Å². The smallest absolute Gasteiger partial charge is 0.324 e. The molecule has 0 aliphatic carbocycles. The quantitative estimate of drug-likeness (QED) is 0.400. The van der Waals surface area contributed by atoms with E-state index in [1.165, 1.54) is 12.1 Å². The second-order valence-corrected chi connectivity index (χ2v) is 9.61. The predicted molar refractivity (Wildman–Crippen MR) is 138 cm³/mol. The maximum Gasteiger partial charge on any atom is 0.324 e. The molecule has 0 aromatic heterocycles. The summed E-state index contributed by atoms with van der Waals surface area (Å²) in [6, 6.07) is 18.3. The molecule has 3 rings (SSSR count). The van der Waals surface area contributed by atoms with E-state index in [2.05, 4.69) is 29.7 Å². The number of rotatable bonds is 12. The van der Waals surface area contributed by atoms with E-state index in [1.54, 1.807) is 12.1 Å². The fraction of sp³-hybridized carbons (Fsp3) is 0.517. The van der Waals surface area contributed by atoms with Crippen molar-refractivity contribution in [1.29, 1.82) is 5.26 Å². The van der Waals surface area contributed by atoms with Crippen LogP contribution in [0, 0.1) is 23.1 Å². The maximum atomic E-state index is 13.1. The second kappa shape index (κ2) is 13.4. The van der Waals surface area contributed by atoms with Crippen LogP contribution in [0.25, 0.3) is 0 Å². The first kappa shape index (κ1) is 27.6. The minimum Gasteiger partial charge on any atom is -0.492 e. The Hall–Kier alpha value is -2.95. The lowest BCUT2D eigenvalue weighted by Crippen LogP contribution is -2.57. The summed E-state index contributed by atoms with van der Waals surface area (Å²) in [5.74, 6) is 0.272. The molecule has 0 amide bonds. The number of ether oxygens (including phenoxy) is 2. The van der Waals surface area contributed by atoms with Gasteiger partial charge in [0.2, 0.25) is 0 Å². The summed E-state index contributed by atoms with van der Waals surface area (Å²) >= 11 is 0. The normalized spacial score (nSPS) is 18.4. The Labute approximate surface area is 214 Å². The predicted octanol–water partition coefficient (Wildman–Crippen LogP) is 4.65. The first-order chi connectivity index (χ1) is 17.4. The zero-order chi connectivity index (χ0) is 26.0. The van der Waals surface area contributed by atoms with Crippen LogP contribution in [0.3, 0.4) is 0 Å². The van der Waals surface area contributed by atoms with Gasteiger partial charge in [-0.3, -0.25) is 14.6 Å². The summed E-state index contributed by atoms with van der Waals surface area (Å²) in [6.07, 6.45) is 1.63. The van der Waals surface area contributed by atoms with Crippen LogP contribution in [0.15, 0.2) is 54.6 Å². The molecule has 0 spiro atoms. The molecule has 2 atom stereocenters. The molecule has 0 bridgehead atoms. The molecule has 2 aromatic carbocycles. The van der Waals surface area contributed by atoms with Gasteiger partial charge >= 0.3 is 5.97 Å². The zero-order valence-electron chi connectivity index (χ0n) is 21.7. The molecular weight excluding hydrogens is 457 g/mol. The van der Waals surface area contributed by atoms with Gasteiger partial charge in [0.15, 0.2) is 0 Å². The van der Waals surface area contributed by atoms with Gasteiger partial charge in [-0.1, -0.05) is 44.2 Å². The lowest BCUT2D eigenvalue weighted by Gasteiger charge is -2.40. The largest absolute Gasteiger partial charge is 0.492 e. The summed E-state index contributed by atoms with van der Waals surface area (Å²) in [5.41, 5.74) is 0.541. The minimum absolute atomic E-state index is 0.190. The number of benzene rings is 2. The van der Waals surface area contributed by atoms with Gasteiger partial charge in [0.1, 0.15) is 24.2 Å². The van der Waals surface area contributed by atoms with Gasteiger partial charge in [0, 0.05) is 26.2 Å². The van der Waals surface area contributed by atoms with E-state index in [4.69, 9.17) is 9.47 Å².